The van der Waals surface area contributed by atoms with Gasteiger partial charge in [-0.1, -0.05) is 12.1 Å². The van der Waals surface area contributed by atoms with Gasteiger partial charge in [0.2, 0.25) is 0 Å². The van der Waals surface area contributed by atoms with Crippen LogP contribution in [0.4, 0.5) is 0 Å². The van der Waals surface area contributed by atoms with Crippen molar-refractivity contribution < 1.29 is 34.1 Å². The van der Waals surface area contributed by atoms with Gasteiger partial charge in [-0.2, -0.15) is 0 Å². The lowest BCUT2D eigenvalue weighted by Crippen LogP contribution is -2.14. The van der Waals surface area contributed by atoms with Gasteiger partial charge in [-0.05, 0) is 36.4 Å². The molecule has 0 aliphatic heterocycles. The van der Waals surface area contributed by atoms with Crippen molar-refractivity contribution in [3.05, 3.63) is 70.8 Å². The first-order chi connectivity index (χ1) is 10.9. The van der Waals surface area contributed by atoms with E-state index in [1.165, 1.54) is 36.4 Å². The molecule has 23 heavy (non-hydrogen) atoms. The summed E-state index contributed by atoms with van der Waals surface area (Å²) in [5.74, 6) is -4.50. The van der Waals surface area contributed by atoms with Gasteiger partial charge in [-0.25, -0.2) is 19.2 Å². The average molecular weight is 314 g/mol. The Morgan fingerprint density at radius 3 is 1.35 bits per heavy atom. The molecule has 0 atom stereocenters. The maximum Gasteiger partial charge on any atom is 0.346 e. The van der Waals surface area contributed by atoms with Crippen LogP contribution in [-0.2, 0) is 4.74 Å². The molecule has 0 fully saturated rings. The number of carboxylic acid groups (broad SMARTS) is 2. The first-order valence-electron chi connectivity index (χ1n) is 6.31. The molecule has 0 unspecified atom stereocenters. The monoisotopic (exact) mass is 314 g/mol. The summed E-state index contributed by atoms with van der Waals surface area (Å²) in [7, 11) is 0. The Kier molecular flexibility index (Phi) is 4.51. The second-order valence-corrected chi connectivity index (χ2v) is 4.45. The van der Waals surface area contributed by atoms with Crippen molar-refractivity contribution >= 4 is 23.9 Å². The van der Waals surface area contributed by atoms with Gasteiger partial charge in [0.1, 0.15) is 0 Å². The molecule has 0 amide bonds. The number of benzene rings is 2. The van der Waals surface area contributed by atoms with Crippen molar-refractivity contribution in [2.75, 3.05) is 0 Å². The van der Waals surface area contributed by atoms with Crippen molar-refractivity contribution in [2.24, 2.45) is 0 Å². The van der Waals surface area contributed by atoms with E-state index in [-0.39, 0.29) is 22.3 Å². The third kappa shape index (κ3) is 3.79. The fourth-order valence-electron chi connectivity index (χ4n) is 1.76. The van der Waals surface area contributed by atoms with Crippen molar-refractivity contribution in [1.82, 2.24) is 0 Å². The Morgan fingerprint density at radius 2 is 1.00 bits per heavy atom. The summed E-state index contributed by atoms with van der Waals surface area (Å²) in [6, 6.07) is 10.0. The highest BCUT2D eigenvalue weighted by atomic mass is 16.6. The van der Waals surface area contributed by atoms with E-state index >= 15 is 0 Å². The topological polar surface area (TPSA) is 118 Å². The third-order valence-corrected chi connectivity index (χ3v) is 2.88. The Morgan fingerprint density at radius 1 is 0.652 bits per heavy atom. The molecular weight excluding hydrogens is 304 g/mol. The molecule has 0 bridgehead atoms. The Hall–Kier alpha value is -3.48. The molecular formula is C16H10O7. The third-order valence-electron chi connectivity index (χ3n) is 2.88. The summed E-state index contributed by atoms with van der Waals surface area (Å²) in [6.07, 6.45) is 0. The Bertz CT molecular complexity index is 740. The maximum atomic E-state index is 11.9. The number of aromatic carboxylic acids is 2. The minimum atomic E-state index is -1.22. The summed E-state index contributed by atoms with van der Waals surface area (Å²) < 4.78 is 4.63. The van der Waals surface area contributed by atoms with Crippen LogP contribution in [0.2, 0.25) is 0 Å². The standard InChI is InChI=1S/C16H10O7/c17-13(18)9-3-1-5-11(7-9)15(21)23-16(22)12-6-2-4-10(8-12)14(19)20/h1-8H,(H,17,18)(H,19,20). The molecule has 0 aromatic heterocycles. The SMILES string of the molecule is O=C(O)c1cccc(C(=O)OC(=O)c2cccc(C(=O)O)c2)c1. The molecule has 0 aliphatic carbocycles. The molecule has 7 heteroatoms. The van der Waals surface area contributed by atoms with E-state index in [0.29, 0.717) is 0 Å². The van der Waals surface area contributed by atoms with Gasteiger partial charge in [0, 0.05) is 0 Å². The first-order valence-corrected chi connectivity index (χ1v) is 6.31. The molecule has 0 heterocycles. The maximum absolute atomic E-state index is 11.9. The summed E-state index contributed by atoms with van der Waals surface area (Å²) in [5.41, 5.74) is -0.458. The average Bonchev–Trinajstić information content (AvgIpc) is 2.54. The largest absolute Gasteiger partial charge is 0.478 e. The van der Waals surface area contributed by atoms with Crippen LogP contribution in [0.15, 0.2) is 48.5 Å². The zero-order chi connectivity index (χ0) is 17.0. The molecule has 0 saturated heterocycles. The van der Waals surface area contributed by atoms with E-state index in [2.05, 4.69) is 4.74 Å². The summed E-state index contributed by atoms with van der Waals surface area (Å²) in [6.45, 7) is 0. The summed E-state index contributed by atoms with van der Waals surface area (Å²) >= 11 is 0. The van der Waals surface area contributed by atoms with E-state index in [1.54, 1.807) is 0 Å². The highest BCUT2D eigenvalue weighted by Crippen LogP contribution is 2.11. The zero-order valence-corrected chi connectivity index (χ0v) is 11.6. The number of rotatable bonds is 4. The van der Waals surface area contributed by atoms with E-state index in [9.17, 15) is 19.2 Å². The lowest BCUT2D eigenvalue weighted by Gasteiger charge is -2.04. The fraction of sp³-hybridized carbons (Fsp3) is 0. The van der Waals surface area contributed by atoms with Crippen LogP contribution >= 0.6 is 0 Å². The Labute approximate surface area is 129 Å². The summed E-state index contributed by atoms with van der Waals surface area (Å²) in [4.78, 5) is 45.4. The normalized spacial score (nSPS) is 9.91. The van der Waals surface area contributed by atoms with E-state index in [0.717, 1.165) is 12.1 Å². The predicted octanol–water partition coefficient (Wildman–Crippen LogP) is 2.08. The number of carbonyl (C=O) groups is 4. The van der Waals surface area contributed by atoms with E-state index < -0.39 is 23.9 Å². The van der Waals surface area contributed by atoms with Crippen molar-refractivity contribution in [1.29, 1.82) is 0 Å². The molecule has 7 nitrogen and oxygen atoms in total. The van der Waals surface area contributed by atoms with E-state index in [4.69, 9.17) is 10.2 Å². The molecule has 2 aromatic carbocycles. The van der Waals surface area contributed by atoms with Crippen molar-refractivity contribution in [3.63, 3.8) is 0 Å². The molecule has 2 N–H and O–H groups in total. The van der Waals surface area contributed by atoms with Gasteiger partial charge in [-0.15, -0.1) is 0 Å². The number of hydrogen-bond acceptors (Lipinski definition) is 5. The minimum Gasteiger partial charge on any atom is -0.478 e. The zero-order valence-electron chi connectivity index (χ0n) is 11.6. The molecule has 0 aliphatic rings. The van der Waals surface area contributed by atoms with Gasteiger partial charge >= 0.3 is 23.9 Å². The highest BCUT2D eigenvalue weighted by molar-refractivity contribution is 6.04. The van der Waals surface area contributed by atoms with Gasteiger partial charge < -0.3 is 14.9 Å². The number of ether oxygens (including phenoxy) is 1. The van der Waals surface area contributed by atoms with Crippen LogP contribution in [0.5, 0.6) is 0 Å². The second-order valence-electron chi connectivity index (χ2n) is 4.45. The molecule has 0 radical (unpaired) electrons. The molecule has 2 aromatic rings. The van der Waals surface area contributed by atoms with Gasteiger partial charge in [0.15, 0.2) is 0 Å². The lowest BCUT2D eigenvalue weighted by atomic mass is 10.1. The fourth-order valence-corrected chi connectivity index (χ4v) is 1.76. The van der Waals surface area contributed by atoms with Gasteiger partial charge in [0.05, 0.1) is 22.3 Å². The predicted molar refractivity (Wildman–Crippen MR) is 76.5 cm³/mol. The Balaban J connectivity index is 2.18. The molecule has 0 saturated carbocycles. The van der Waals surface area contributed by atoms with Crippen LogP contribution in [0.3, 0.4) is 0 Å². The first kappa shape index (κ1) is 15.9. The van der Waals surface area contributed by atoms with Crippen LogP contribution < -0.4 is 0 Å². The van der Waals surface area contributed by atoms with Gasteiger partial charge in [-0.3, -0.25) is 0 Å². The van der Waals surface area contributed by atoms with Crippen LogP contribution in [0.1, 0.15) is 41.4 Å². The smallest absolute Gasteiger partial charge is 0.346 e. The quantitative estimate of drug-likeness (QED) is 0.655. The molecule has 0 spiro atoms. The minimum absolute atomic E-state index is 0.104. The highest BCUT2D eigenvalue weighted by Gasteiger charge is 2.17. The van der Waals surface area contributed by atoms with Crippen molar-refractivity contribution in [2.45, 2.75) is 0 Å². The molecule has 116 valence electrons. The van der Waals surface area contributed by atoms with Crippen molar-refractivity contribution in [3.8, 4) is 0 Å². The van der Waals surface area contributed by atoms with Crippen LogP contribution in [0.25, 0.3) is 0 Å². The van der Waals surface area contributed by atoms with E-state index in [1.807, 2.05) is 0 Å². The van der Waals surface area contributed by atoms with Crippen LogP contribution in [0, 0.1) is 0 Å². The van der Waals surface area contributed by atoms with Crippen LogP contribution in [-0.4, -0.2) is 34.1 Å². The van der Waals surface area contributed by atoms with Gasteiger partial charge in [0.25, 0.3) is 0 Å². The summed E-state index contributed by atoms with van der Waals surface area (Å²) in [5, 5.41) is 17.7. The lowest BCUT2D eigenvalue weighted by molar-refractivity contribution is 0.0397. The number of carboxylic acids is 2. The number of esters is 2. The molecule has 2 rings (SSSR count). The number of carbonyl (C=O) groups excluding carboxylic acids is 2. The second kappa shape index (κ2) is 6.52. The number of hydrogen-bond donors (Lipinski definition) is 2.